The number of aryl methyl sites for hydroxylation is 2. The van der Waals surface area contributed by atoms with Gasteiger partial charge in [0.05, 0.1) is 0 Å². The third kappa shape index (κ3) is 2.69. The summed E-state index contributed by atoms with van der Waals surface area (Å²) in [6.07, 6.45) is 5.04. The topological polar surface area (TPSA) is 40.5 Å². The molecule has 2 nitrogen and oxygen atoms in total. The van der Waals surface area contributed by atoms with Crippen molar-refractivity contribution in [3.63, 3.8) is 0 Å². The third-order valence-electron chi connectivity index (χ3n) is 3.03. The van der Waals surface area contributed by atoms with Crippen LogP contribution in [0, 0.1) is 6.92 Å². The summed E-state index contributed by atoms with van der Waals surface area (Å²) in [5.74, 6) is 0.136. The van der Waals surface area contributed by atoms with Crippen LogP contribution in [0.15, 0.2) is 6.07 Å². The monoisotopic (exact) mass is 222 g/mol. The van der Waals surface area contributed by atoms with Crippen molar-refractivity contribution in [2.45, 2.75) is 52.9 Å². The summed E-state index contributed by atoms with van der Waals surface area (Å²) in [7, 11) is 0. The van der Waals surface area contributed by atoms with Gasteiger partial charge in [-0.1, -0.05) is 32.8 Å². The Morgan fingerprint density at radius 1 is 0.938 bits per heavy atom. The molecule has 2 N–H and O–H groups in total. The average molecular weight is 222 g/mol. The van der Waals surface area contributed by atoms with Crippen LogP contribution in [0.4, 0.5) is 0 Å². The van der Waals surface area contributed by atoms with Gasteiger partial charge in [0, 0.05) is 0 Å². The minimum absolute atomic E-state index is 0.0667. The lowest BCUT2D eigenvalue weighted by atomic mass is 9.96. The molecule has 0 aliphatic rings. The number of aromatic hydroxyl groups is 2. The zero-order valence-corrected chi connectivity index (χ0v) is 10.5. The molecule has 0 atom stereocenters. The van der Waals surface area contributed by atoms with Crippen LogP contribution in [0.5, 0.6) is 11.5 Å². The fourth-order valence-electron chi connectivity index (χ4n) is 1.96. The van der Waals surface area contributed by atoms with Crippen LogP contribution >= 0.6 is 0 Å². The van der Waals surface area contributed by atoms with Crippen LogP contribution in [0.2, 0.25) is 0 Å². The summed E-state index contributed by atoms with van der Waals surface area (Å²) in [6.45, 7) is 6.10. The number of unbranched alkanes of at least 4 members (excludes halogenated alkanes) is 1. The Kier molecular flexibility index (Phi) is 4.66. The van der Waals surface area contributed by atoms with Gasteiger partial charge < -0.3 is 10.2 Å². The van der Waals surface area contributed by atoms with Crippen LogP contribution < -0.4 is 0 Å². The fraction of sp³-hybridized carbons (Fsp3) is 0.571. The highest BCUT2D eigenvalue weighted by molar-refractivity contribution is 5.53. The van der Waals surface area contributed by atoms with Crippen molar-refractivity contribution in [3.8, 4) is 11.5 Å². The minimum atomic E-state index is 0.0667. The van der Waals surface area contributed by atoms with Gasteiger partial charge in [-0.2, -0.15) is 0 Å². The van der Waals surface area contributed by atoms with Gasteiger partial charge in [-0.15, -0.1) is 0 Å². The Hall–Kier alpha value is -1.18. The summed E-state index contributed by atoms with van der Waals surface area (Å²) in [4.78, 5) is 0. The predicted octanol–water partition coefficient (Wildman–Crippen LogP) is 3.70. The molecule has 0 unspecified atom stereocenters. The Bertz CT molecular complexity index is 356. The van der Waals surface area contributed by atoms with Gasteiger partial charge in [-0.25, -0.2) is 0 Å². The maximum Gasteiger partial charge on any atom is 0.160 e. The second-order valence-electron chi connectivity index (χ2n) is 4.37. The molecule has 0 radical (unpaired) electrons. The third-order valence-corrected chi connectivity index (χ3v) is 3.03. The number of hydrogen-bond acceptors (Lipinski definition) is 2. The van der Waals surface area contributed by atoms with E-state index in [0.717, 1.165) is 43.2 Å². The van der Waals surface area contributed by atoms with Crippen molar-refractivity contribution in [1.29, 1.82) is 0 Å². The van der Waals surface area contributed by atoms with Gasteiger partial charge >= 0.3 is 0 Å². The first kappa shape index (κ1) is 12.9. The van der Waals surface area contributed by atoms with E-state index in [-0.39, 0.29) is 11.5 Å². The van der Waals surface area contributed by atoms with Gasteiger partial charge in [-0.05, 0) is 42.9 Å². The SMILES string of the molecule is CCCCc1cc(CCC)c(O)c(O)c1C. The fourth-order valence-corrected chi connectivity index (χ4v) is 1.96. The van der Waals surface area contributed by atoms with Crippen LogP contribution in [0.25, 0.3) is 0 Å². The molecule has 2 heteroatoms. The Labute approximate surface area is 97.9 Å². The van der Waals surface area contributed by atoms with E-state index in [0.29, 0.717) is 0 Å². The molecule has 1 aromatic rings. The molecule has 0 aliphatic carbocycles. The Morgan fingerprint density at radius 3 is 2.19 bits per heavy atom. The molecule has 0 aromatic heterocycles. The Morgan fingerprint density at radius 2 is 1.62 bits per heavy atom. The standard InChI is InChI=1S/C14H22O2/c1-4-6-8-11-9-12(7-5-2)14(16)13(15)10(11)3/h9,15-16H,4-8H2,1-3H3. The lowest BCUT2D eigenvalue weighted by Crippen LogP contribution is -1.95. The van der Waals surface area contributed by atoms with Gasteiger partial charge in [0.2, 0.25) is 0 Å². The van der Waals surface area contributed by atoms with E-state index in [9.17, 15) is 10.2 Å². The predicted molar refractivity (Wildman–Crippen MR) is 67.1 cm³/mol. The zero-order chi connectivity index (χ0) is 12.1. The molecule has 0 amide bonds. The summed E-state index contributed by atoms with van der Waals surface area (Å²) in [6, 6.07) is 2.05. The van der Waals surface area contributed by atoms with E-state index in [1.54, 1.807) is 0 Å². The van der Waals surface area contributed by atoms with E-state index in [4.69, 9.17) is 0 Å². The van der Waals surface area contributed by atoms with Crippen molar-refractivity contribution in [2.75, 3.05) is 0 Å². The highest BCUT2D eigenvalue weighted by atomic mass is 16.3. The molecule has 0 saturated heterocycles. The average Bonchev–Trinajstić information content (AvgIpc) is 2.28. The van der Waals surface area contributed by atoms with Crippen LogP contribution in [0.1, 0.15) is 49.8 Å². The zero-order valence-electron chi connectivity index (χ0n) is 10.5. The molecule has 0 spiro atoms. The lowest BCUT2D eigenvalue weighted by molar-refractivity contribution is 0.395. The molecule has 0 heterocycles. The normalized spacial score (nSPS) is 10.7. The summed E-state index contributed by atoms with van der Waals surface area (Å²) < 4.78 is 0. The lowest BCUT2D eigenvalue weighted by Gasteiger charge is -2.13. The first-order valence-corrected chi connectivity index (χ1v) is 6.15. The van der Waals surface area contributed by atoms with Crippen molar-refractivity contribution >= 4 is 0 Å². The summed E-state index contributed by atoms with van der Waals surface area (Å²) >= 11 is 0. The van der Waals surface area contributed by atoms with Crippen molar-refractivity contribution < 1.29 is 10.2 Å². The first-order valence-electron chi connectivity index (χ1n) is 6.15. The van der Waals surface area contributed by atoms with E-state index >= 15 is 0 Å². The molecule has 0 saturated carbocycles. The van der Waals surface area contributed by atoms with Crippen molar-refractivity contribution in [1.82, 2.24) is 0 Å². The van der Waals surface area contributed by atoms with E-state index in [1.807, 2.05) is 13.0 Å². The first-order chi connectivity index (χ1) is 7.61. The summed E-state index contributed by atoms with van der Waals surface area (Å²) in [5.41, 5.74) is 2.86. The summed E-state index contributed by atoms with van der Waals surface area (Å²) in [5, 5.41) is 19.7. The smallest absolute Gasteiger partial charge is 0.160 e. The minimum Gasteiger partial charge on any atom is -0.504 e. The van der Waals surface area contributed by atoms with E-state index in [1.165, 1.54) is 5.56 Å². The number of benzene rings is 1. The highest BCUT2D eigenvalue weighted by Crippen LogP contribution is 2.36. The number of hydrogen-bond donors (Lipinski definition) is 2. The second kappa shape index (κ2) is 5.78. The maximum atomic E-state index is 9.84. The van der Waals surface area contributed by atoms with Gasteiger partial charge in [0.1, 0.15) is 0 Å². The molecule has 1 rings (SSSR count). The van der Waals surface area contributed by atoms with Gasteiger partial charge in [-0.3, -0.25) is 0 Å². The van der Waals surface area contributed by atoms with Crippen molar-refractivity contribution in [3.05, 3.63) is 22.8 Å². The molecule has 0 aliphatic heterocycles. The highest BCUT2D eigenvalue weighted by Gasteiger charge is 2.13. The maximum absolute atomic E-state index is 9.84. The molecule has 16 heavy (non-hydrogen) atoms. The van der Waals surface area contributed by atoms with Crippen LogP contribution in [-0.2, 0) is 12.8 Å². The molecular weight excluding hydrogens is 200 g/mol. The number of rotatable bonds is 5. The molecule has 90 valence electrons. The molecule has 0 bridgehead atoms. The molecule has 1 aromatic carbocycles. The largest absolute Gasteiger partial charge is 0.504 e. The van der Waals surface area contributed by atoms with Crippen LogP contribution in [-0.4, -0.2) is 10.2 Å². The van der Waals surface area contributed by atoms with Crippen molar-refractivity contribution in [2.24, 2.45) is 0 Å². The molecule has 0 fully saturated rings. The number of phenolic OH excluding ortho intramolecular Hbond substituents is 2. The second-order valence-corrected chi connectivity index (χ2v) is 4.37. The number of phenols is 2. The van der Waals surface area contributed by atoms with Crippen LogP contribution in [0.3, 0.4) is 0 Å². The quantitative estimate of drug-likeness (QED) is 0.746. The molecular formula is C14H22O2. The van der Waals surface area contributed by atoms with E-state index < -0.39 is 0 Å². The Balaban J connectivity index is 3.08. The van der Waals surface area contributed by atoms with E-state index in [2.05, 4.69) is 13.8 Å². The van der Waals surface area contributed by atoms with Gasteiger partial charge in [0.15, 0.2) is 11.5 Å². The van der Waals surface area contributed by atoms with Gasteiger partial charge in [0.25, 0.3) is 0 Å².